The van der Waals surface area contributed by atoms with Crippen molar-refractivity contribution in [1.82, 2.24) is 24.9 Å². The van der Waals surface area contributed by atoms with Gasteiger partial charge in [-0.15, -0.1) is 5.10 Å². The highest BCUT2D eigenvalue weighted by atomic mass is 32.1. The third kappa shape index (κ3) is 2.76. The van der Waals surface area contributed by atoms with Crippen LogP contribution in [0.4, 0.5) is 0 Å². The minimum absolute atomic E-state index is 0.0364. The zero-order chi connectivity index (χ0) is 14.8. The van der Waals surface area contributed by atoms with E-state index in [0.29, 0.717) is 5.78 Å². The van der Waals surface area contributed by atoms with Gasteiger partial charge in [-0.25, -0.2) is 9.50 Å². The van der Waals surface area contributed by atoms with Crippen molar-refractivity contribution in [3.8, 4) is 0 Å². The predicted octanol–water partition coefficient (Wildman–Crippen LogP) is 0.958. The minimum atomic E-state index is -0.739. The van der Waals surface area contributed by atoms with Crippen LogP contribution in [-0.4, -0.2) is 37.1 Å². The van der Waals surface area contributed by atoms with Crippen molar-refractivity contribution in [3.63, 3.8) is 0 Å². The Labute approximate surface area is 124 Å². The highest BCUT2D eigenvalue weighted by Gasteiger charge is 2.16. The summed E-state index contributed by atoms with van der Waals surface area (Å²) < 4.78 is 1.50. The van der Waals surface area contributed by atoms with E-state index in [9.17, 15) is 9.90 Å². The van der Waals surface area contributed by atoms with Crippen LogP contribution >= 0.6 is 11.3 Å². The van der Waals surface area contributed by atoms with Crippen LogP contribution in [0.2, 0.25) is 0 Å². The fourth-order valence-corrected chi connectivity index (χ4v) is 2.56. The maximum absolute atomic E-state index is 12.0. The highest BCUT2D eigenvalue weighted by molar-refractivity contribution is 7.07. The predicted molar refractivity (Wildman–Crippen MR) is 77.1 cm³/mol. The summed E-state index contributed by atoms with van der Waals surface area (Å²) in [5.74, 6) is -0.0259. The number of aromatic nitrogens is 4. The van der Waals surface area contributed by atoms with E-state index in [-0.39, 0.29) is 12.4 Å². The van der Waals surface area contributed by atoms with Gasteiger partial charge in [0.25, 0.3) is 11.7 Å². The van der Waals surface area contributed by atoms with Crippen molar-refractivity contribution >= 4 is 23.0 Å². The van der Waals surface area contributed by atoms with Gasteiger partial charge in [0, 0.05) is 18.4 Å². The van der Waals surface area contributed by atoms with E-state index in [4.69, 9.17) is 0 Å². The maximum atomic E-state index is 12.0. The van der Waals surface area contributed by atoms with Crippen molar-refractivity contribution in [2.24, 2.45) is 0 Å². The van der Waals surface area contributed by atoms with Crippen molar-refractivity contribution < 1.29 is 9.90 Å². The Hall–Kier alpha value is -2.32. The van der Waals surface area contributed by atoms with Crippen LogP contribution < -0.4 is 5.32 Å². The number of carbonyl (C=O) groups is 1. The molecule has 0 spiro atoms. The first-order valence-corrected chi connectivity index (χ1v) is 7.26. The number of fused-ring (bicyclic) bond motifs is 1. The molecule has 0 radical (unpaired) electrons. The number of amides is 1. The molecular formula is C13H13N5O2S. The van der Waals surface area contributed by atoms with Crippen molar-refractivity contribution in [2.45, 2.75) is 13.0 Å². The van der Waals surface area contributed by atoms with Crippen LogP contribution in [0.15, 0.2) is 29.1 Å². The van der Waals surface area contributed by atoms with Gasteiger partial charge in [0.05, 0.1) is 6.10 Å². The fourth-order valence-electron chi connectivity index (χ4n) is 1.85. The van der Waals surface area contributed by atoms with Gasteiger partial charge in [-0.3, -0.25) is 4.79 Å². The van der Waals surface area contributed by atoms with Crippen LogP contribution in [0.3, 0.4) is 0 Å². The van der Waals surface area contributed by atoms with Gasteiger partial charge < -0.3 is 10.4 Å². The first-order valence-electron chi connectivity index (χ1n) is 6.32. The number of aryl methyl sites for hydroxylation is 1. The molecule has 21 heavy (non-hydrogen) atoms. The lowest BCUT2D eigenvalue weighted by molar-refractivity contribution is 0.0906. The lowest BCUT2D eigenvalue weighted by Gasteiger charge is -2.08. The molecule has 2 N–H and O–H groups in total. The first kappa shape index (κ1) is 13.7. The highest BCUT2D eigenvalue weighted by Crippen LogP contribution is 2.15. The second-order valence-corrected chi connectivity index (χ2v) is 5.30. The summed E-state index contributed by atoms with van der Waals surface area (Å²) in [7, 11) is 0. The molecule has 0 aliphatic carbocycles. The molecule has 7 nitrogen and oxygen atoms in total. The molecule has 0 aliphatic heterocycles. The summed E-state index contributed by atoms with van der Waals surface area (Å²) in [6, 6.07) is 3.60. The molecule has 3 rings (SSSR count). The topological polar surface area (TPSA) is 92.4 Å². The third-order valence-electron chi connectivity index (χ3n) is 3.02. The Kier molecular flexibility index (Phi) is 3.63. The van der Waals surface area contributed by atoms with E-state index in [1.165, 1.54) is 15.9 Å². The smallest absolute Gasteiger partial charge is 0.291 e. The number of thiophene rings is 1. The number of nitrogens with zero attached hydrogens (tertiary/aromatic N) is 4. The molecule has 0 saturated heterocycles. The Bertz CT molecular complexity index is 768. The number of hydrogen-bond donors (Lipinski definition) is 2. The first-order chi connectivity index (χ1) is 10.1. The molecule has 1 amide bonds. The number of hydrogen-bond acceptors (Lipinski definition) is 6. The molecule has 108 valence electrons. The molecule has 3 aromatic heterocycles. The summed E-state index contributed by atoms with van der Waals surface area (Å²) in [4.78, 5) is 20.1. The minimum Gasteiger partial charge on any atom is -0.387 e. The summed E-state index contributed by atoms with van der Waals surface area (Å²) in [5.41, 5.74) is 1.62. The van der Waals surface area contributed by atoms with Crippen LogP contribution in [0.1, 0.15) is 28.0 Å². The molecule has 0 aliphatic rings. The Morgan fingerprint density at radius 2 is 2.38 bits per heavy atom. The molecule has 0 bridgehead atoms. The molecule has 8 heteroatoms. The van der Waals surface area contributed by atoms with E-state index in [2.05, 4.69) is 20.4 Å². The SMILES string of the molecule is Cc1ccnc2nc(C(=O)NCC(O)c3ccsc3)nn12. The summed E-state index contributed by atoms with van der Waals surface area (Å²) in [5, 5.41) is 20.4. The number of nitrogens with one attached hydrogen (secondary N) is 1. The molecule has 0 saturated carbocycles. The van der Waals surface area contributed by atoms with E-state index in [1.54, 1.807) is 12.3 Å². The largest absolute Gasteiger partial charge is 0.387 e. The molecule has 0 fully saturated rings. The zero-order valence-electron chi connectivity index (χ0n) is 11.2. The lowest BCUT2D eigenvalue weighted by Crippen LogP contribution is -2.29. The van der Waals surface area contributed by atoms with E-state index >= 15 is 0 Å². The normalized spacial score (nSPS) is 12.5. The van der Waals surface area contributed by atoms with E-state index in [0.717, 1.165) is 11.3 Å². The number of aliphatic hydroxyl groups is 1. The van der Waals surface area contributed by atoms with Crippen LogP contribution in [0.25, 0.3) is 5.78 Å². The Morgan fingerprint density at radius 1 is 1.52 bits per heavy atom. The number of carbonyl (C=O) groups excluding carboxylic acids is 1. The monoisotopic (exact) mass is 303 g/mol. The quantitative estimate of drug-likeness (QED) is 0.749. The van der Waals surface area contributed by atoms with Crippen LogP contribution in [0.5, 0.6) is 0 Å². The molecule has 1 atom stereocenters. The van der Waals surface area contributed by atoms with Gasteiger partial charge in [-0.05, 0) is 35.4 Å². The van der Waals surface area contributed by atoms with E-state index in [1.807, 2.05) is 23.8 Å². The summed E-state index contributed by atoms with van der Waals surface area (Å²) in [6.45, 7) is 1.96. The maximum Gasteiger partial charge on any atom is 0.291 e. The van der Waals surface area contributed by atoms with Gasteiger partial charge in [0.2, 0.25) is 5.82 Å². The molecular weight excluding hydrogens is 290 g/mol. The number of rotatable bonds is 4. The lowest BCUT2D eigenvalue weighted by atomic mass is 10.2. The second-order valence-electron chi connectivity index (χ2n) is 4.52. The van der Waals surface area contributed by atoms with Crippen molar-refractivity contribution in [1.29, 1.82) is 0 Å². The standard InChI is InChI=1S/C13H13N5O2S/c1-8-2-4-14-13-16-11(17-18(8)13)12(20)15-6-10(19)9-3-5-21-7-9/h2-5,7,10,19H,6H2,1H3,(H,15,20). The Morgan fingerprint density at radius 3 is 3.10 bits per heavy atom. The average Bonchev–Trinajstić information content (AvgIpc) is 3.13. The van der Waals surface area contributed by atoms with Crippen LogP contribution in [0, 0.1) is 6.92 Å². The summed E-state index contributed by atoms with van der Waals surface area (Å²) in [6.07, 6.45) is 0.874. The fraction of sp³-hybridized carbons (Fsp3) is 0.231. The summed E-state index contributed by atoms with van der Waals surface area (Å²) >= 11 is 1.49. The van der Waals surface area contributed by atoms with Gasteiger partial charge in [0.15, 0.2) is 0 Å². The second kappa shape index (κ2) is 5.58. The number of aliphatic hydroxyl groups excluding tert-OH is 1. The van der Waals surface area contributed by atoms with Gasteiger partial charge in [-0.2, -0.15) is 16.3 Å². The molecule has 3 heterocycles. The molecule has 1 unspecified atom stereocenters. The van der Waals surface area contributed by atoms with Gasteiger partial charge >= 0.3 is 0 Å². The third-order valence-corrected chi connectivity index (χ3v) is 3.72. The average molecular weight is 303 g/mol. The van der Waals surface area contributed by atoms with Crippen LogP contribution in [-0.2, 0) is 0 Å². The van der Waals surface area contributed by atoms with Crippen molar-refractivity contribution in [2.75, 3.05) is 6.54 Å². The zero-order valence-corrected chi connectivity index (χ0v) is 12.0. The van der Waals surface area contributed by atoms with Gasteiger partial charge in [0.1, 0.15) is 0 Å². The van der Waals surface area contributed by atoms with Crippen molar-refractivity contribution in [3.05, 3.63) is 46.2 Å². The Balaban J connectivity index is 1.71. The van der Waals surface area contributed by atoms with Gasteiger partial charge in [-0.1, -0.05) is 0 Å². The molecule has 3 aromatic rings. The van der Waals surface area contributed by atoms with E-state index < -0.39 is 12.0 Å². The molecule has 0 aromatic carbocycles.